The van der Waals surface area contributed by atoms with Crippen molar-refractivity contribution in [1.82, 2.24) is 5.32 Å². The average Bonchev–Trinajstić information content (AvgIpc) is 2.69. The molecule has 0 saturated carbocycles. The van der Waals surface area contributed by atoms with Crippen molar-refractivity contribution < 1.29 is 22.7 Å². The van der Waals surface area contributed by atoms with Gasteiger partial charge in [0.25, 0.3) is 5.91 Å². The lowest BCUT2D eigenvalue weighted by Gasteiger charge is -2.08. The number of benzene rings is 3. The van der Waals surface area contributed by atoms with E-state index in [1.165, 1.54) is 12.1 Å². The molecule has 0 saturated heterocycles. The number of amides is 1. The molecule has 6 heteroatoms. The predicted octanol–water partition coefficient (Wildman–Crippen LogP) is 4.67. The number of hydrogen-bond acceptors (Lipinski definition) is 2. The first kappa shape index (κ1) is 19.3. The number of fused-ring (bicyclic) bond motifs is 1. The Morgan fingerprint density at radius 3 is 2.50 bits per heavy atom. The van der Waals surface area contributed by atoms with Crippen molar-refractivity contribution in [2.45, 2.75) is 6.18 Å². The summed E-state index contributed by atoms with van der Waals surface area (Å²) in [5, 5.41) is 4.69. The molecule has 0 aliphatic rings. The lowest BCUT2D eigenvalue weighted by molar-refractivity contribution is -0.137. The number of rotatable bonds is 4. The van der Waals surface area contributed by atoms with Crippen molar-refractivity contribution in [3.05, 3.63) is 77.9 Å². The highest BCUT2D eigenvalue weighted by atomic mass is 19.4. The predicted molar refractivity (Wildman–Crippen MR) is 101 cm³/mol. The van der Waals surface area contributed by atoms with Gasteiger partial charge < -0.3 is 10.1 Å². The van der Waals surface area contributed by atoms with Crippen molar-refractivity contribution in [1.29, 1.82) is 0 Å². The van der Waals surface area contributed by atoms with E-state index in [1.807, 2.05) is 30.3 Å². The molecule has 142 valence electrons. The maximum absolute atomic E-state index is 12.6. The van der Waals surface area contributed by atoms with Crippen LogP contribution in [0, 0.1) is 11.8 Å². The zero-order valence-electron chi connectivity index (χ0n) is 14.7. The van der Waals surface area contributed by atoms with Crippen LogP contribution in [0.4, 0.5) is 13.2 Å². The van der Waals surface area contributed by atoms with Gasteiger partial charge in [0.15, 0.2) is 0 Å². The topological polar surface area (TPSA) is 38.3 Å². The maximum atomic E-state index is 12.6. The Morgan fingerprint density at radius 1 is 0.929 bits per heavy atom. The van der Waals surface area contributed by atoms with E-state index in [4.69, 9.17) is 4.74 Å². The van der Waals surface area contributed by atoms with E-state index in [0.717, 1.165) is 22.9 Å². The summed E-state index contributed by atoms with van der Waals surface area (Å²) in [5.41, 5.74) is -0.249. The van der Waals surface area contributed by atoms with E-state index in [9.17, 15) is 18.0 Å². The van der Waals surface area contributed by atoms with E-state index in [-0.39, 0.29) is 24.8 Å². The van der Waals surface area contributed by atoms with E-state index in [1.54, 1.807) is 12.1 Å². The Balaban J connectivity index is 1.49. The van der Waals surface area contributed by atoms with Gasteiger partial charge in [0.1, 0.15) is 12.4 Å². The van der Waals surface area contributed by atoms with Crippen LogP contribution in [0.1, 0.15) is 15.9 Å². The molecule has 3 rings (SSSR count). The number of halogens is 3. The number of hydrogen-bond donors (Lipinski definition) is 1. The van der Waals surface area contributed by atoms with Gasteiger partial charge in [0.2, 0.25) is 0 Å². The molecule has 0 heterocycles. The number of alkyl halides is 3. The van der Waals surface area contributed by atoms with Gasteiger partial charge in [-0.3, -0.25) is 4.79 Å². The zero-order chi connectivity index (χ0) is 20.0. The summed E-state index contributed by atoms with van der Waals surface area (Å²) in [6.45, 7) is 0.0325. The van der Waals surface area contributed by atoms with Crippen LogP contribution in [-0.2, 0) is 6.18 Å². The molecule has 0 unspecified atom stereocenters. The van der Waals surface area contributed by atoms with Crippen LogP contribution in [0.2, 0.25) is 0 Å². The Bertz CT molecular complexity index is 1050. The van der Waals surface area contributed by atoms with Crippen molar-refractivity contribution >= 4 is 16.7 Å². The van der Waals surface area contributed by atoms with Gasteiger partial charge in [-0.05, 0) is 41.1 Å². The van der Waals surface area contributed by atoms with E-state index >= 15 is 0 Å². The fourth-order valence-electron chi connectivity index (χ4n) is 2.55. The molecular formula is C22H16F3NO2. The molecule has 0 aliphatic carbocycles. The minimum Gasteiger partial charge on any atom is -0.481 e. The quantitative estimate of drug-likeness (QED) is 0.665. The van der Waals surface area contributed by atoms with Crippen LogP contribution in [-0.4, -0.2) is 19.1 Å². The first-order valence-electron chi connectivity index (χ1n) is 8.46. The molecular weight excluding hydrogens is 367 g/mol. The summed E-state index contributed by atoms with van der Waals surface area (Å²) >= 11 is 0. The molecule has 0 radical (unpaired) electrons. The Hall–Kier alpha value is -3.46. The second-order valence-corrected chi connectivity index (χ2v) is 5.91. The van der Waals surface area contributed by atoms with Gasteiger partial charge in [-0.25, -0.2) is 0 Å². The third-order valence-corrected chi connectivity index (χ3v) is 3.95. The summed E-state index contributed by atoms with van der Waals surface area (Å²) in [7, 11) is 0. The van der Waals surface area contributed by atoms with Crippen molar-refractivity contribution in [3.8, 4) is 17.6 Å². The summed E-state index contributed by atoms with van der Waals surface area (Å²) in [6.07, 6.45) is -4.42. The van der Waals surface area contributed by atoms with Crippen LogP contribution in [0.3, 0.4) is 0 Å². The molecule has 0 aromatic heterocycles. The van der Waals surface area contributed by atoms with Crippen molar-refractivity contribution in [3.63, 3.8) is 0 Å². The molecule has 0 spiro atoms. The summed E-state index contributed by atoms with van der Waals surface area (Å²) < 4.78 is 43.1. The molecule has 0 bridgehead atoms. The maximum Gasteiger partial charge on any atom is 0.416 e. The third kappa shape index (κ3) is 5.04. The van der Waals surface area contributed by atoms with Gasteiger partial charge >= 0.3 is 6.18 Å². The van der Waals surface area contributed by atoms with Gasteiger partial charge in [0.05, 0.1) is 12.1 Å². The molecule has 0 atom stereocenters. The highest BCUT2D eigenvalue weighted by Crippen LogP contribution is 2.31. The molecule has 0 aliphatic heterocycles. The number of nitrogens with one attached hydrogen (secondary N) is 1. The standard InChI is InChI=1S/C22H16F3NO2/c23-22(24,25)19-8-5-9-20(15-19)28-13-4-3-12-26-21(27)18-11-10-16-6-1-2-7-17(16)14-18/h1-2,5-11,14-15H,12-13H2,(H,26,27). The Labute approximate surface area is 160 Å². The van der Waals surface area contributed by atoms with E-state index < -0.39 is 11.7 Å². The molecule has 3 aromatic rings. The minimum absolute atomic E-state index is 0.0762. The van der Waals surface area contributed by atoms with E-state index in [0.29, 0.717) is 5.56 Å². The van der Waals surface area contributed by atoms with Crippen LogP contribution in [0.15, 0.2) is 66.7 Å². The zero-order valence-corrected chi connectivity index (χ0v) is 14.7. The smallest absolute Gasteiger partial charge is 0.416 e. The highest BCUT2D eigenvalue weighted by Gasteiger charge is 2.30. The third-order valence-electron chi connectivity index (χ3n) is 3.95. The van der Waals surface area contributed by atoms with Crippen LogP contribution in [0.5, 0.6) is 5.75 Å². The van der Waals surface area contributed by atoms with Crippen LogP contribution in [0.25, 0.3) is 10.8 Å². The molecule has 28 heavy (non-hydrogen) atoms. The second kappa shape index (κ2) is 8.49. The average molecular weight is 383 g/mol. The normalized spacial score (nSPS) is 10.8. The first-order valence-corrected chi connectivity index (χ1v) is 8.46. The fourth-order valence-corrected chi connectivity index (χ4v) is 2.55. The molecule has 1 amide bonds. The van der Waals surface area contributed by atoms with Gasteiger partial charge in [-0.15, -0.1) is 0 Å². The molecule has 1 N–H and O–H groups in total. The lowest BCUT2D eigenvalue weighted by atomic mass is 10.1. The monoisotopic (exact) mass is 383 g/mol. The summed E-state index contributed by atoms with van der Waals surface area (Å²) in [5.74, 6) is 5.21. The van der Waals surface area contributed by atoms with Crippen LogP contribution < -0.4 is 10.1 Å². The van der Waals surface area contributed by atoms with Crippen molar-refractivity contribution in [2.24, 2.45) is 0 Å². The molecule has 0 fully saturated rings. The lowest BCUT2D eigenvalue weighted by Crippen LogP contribution is -2.23. The number of carbonyl (C=O) groups is 1. The molecule has 3 aromatic carbocycles. The van der Waals surface area contributed by atoms with Crippen molar-refractivity contribution in [2.75, 3.05) is 13.2 Å². The fraction of sp³-hybridized carbons (Fsp3) is 0.136. The van der Waals surface area contributed by atoms with Gasteiger partial charge in [-0.2, -0.15) is 13.2 Å². The Kier molecular flexibility index (Phi) is 5.85. The summed E-state index contributed by atoms with van der Waals surface area (Å²) in [6, 6.07) is 17.7. The molecule has 3 nitrogen and oxygen atoms in total. The highest BCUT2D eigenvalue weighted by molar-refractivity contribution is 5.98. The minimum atomic E-state index is -4.42. The van der Waals surface area contributed by atoms with Gasteiger partial charge in [0, 0.05) is 5.56 Å². The Morgan fingerprint density at radius 2 is 1.71 bits per heavy atom. The van der Waals surface area contributed by atoms with E-state index in [2.05, 4.69) is 17.2 Å². The van der Waals surface area contributed by atoms with Gasteiger partial charge in [-0.1, -0.05) is 48.2 Å². The summed E-state index contributed by atoms with van der Waals surface area (Å²) in [4.78, 5) is 12.2. The largest absolute Gasteiger partial charge is 0.481 e. The SMILES string of the molecule is O=C(NCC#CCOc1cccc(C(F)(F)F)c1)c1ccc2ccccc2c1. The second-order valence-electron chi connectivity index (χ2n) is 5.91. The number of carbonyl (C=O) groups excluding carboxylic acids is 1. The van der Waals surface area contributed by atoms with Crippen LogP contribution >= 0.6 is 0 Å². The number of ether oxygens (including phenoxy) is 1. The first-order chi connectivity index (χ1) is 13.4.